The Balaban J connectivity index is 2.47. The van der Waals surface area contributed by atoms with Gasteiger partial charge in [0.25, 0.3) is 5.95 Å². The van der Waals surface area contributed by atoms with Crippen molar-refractivity contribution >= 4 is 34.6 Å². The first-order chi connectivity index (χ1) is 10.9. The Kier molecular flexibility index (Phi) is 4.85. The van der Waals surface area contributed by atoms with E-state index in [4.69, 9.17) is 4.74 Å². The Morgan fingerprint density at radius 2 is 1.78 bits per heavy atom. The van der Waals surface area contributed by atoms with E-state index < -0.39 is 0 Å². The van der Waals surface area contributed by atoms with Crippen molar-refractivity contribution < 1.29 is 14.3 Å². The van der Waals surface area contributed by atoms with Gasteiger partial charge in [0.05, 0.1) is 18.3 Å². The number of aliphatic imine (C=N–C) groups is 1. The lowest BCUT2D eigenvalue weighted by Gasteiger charge is -2.08. The number of fused-ring (bicyclic) bond motifs is 1. The summed E-state index contributed by atoms with van der Waals surface area (Å²) in [7, 11) is 1.59. The van der Waals surface area contributed by atoms with Crippen molar-refractivity contribution in [1.29, 1.82) is 0 Å². The van der Waals surface area contributed by atoms with Gasteiger partial charge < -0.3 is 4.74 Å². The van der Waals surface area contributed by atoms with Crippen molar-refractivity contribution in [2.45, 2.75) is 20.8 Å². The molecule has 1 aromatic heterocycles. The van der Waals surface area contributed by atoms with Gasteiger partial charge in [-0.1, -0.05) is 0 Å². The number of ether oxygens (including phenoxy) is 1. The summed E-state index contributed by atoms with van der Waals surface area (Å²) >= 11 is 0. The number of hydrogen-bond donors (Lipinski definition) is 2. The van der Waals surface area contributed by atoms with Crippen molar-refractivity contribution in [2.75, 3.05) is 7.11 Å². The SMILES string of the molecule is COc1ccc2nc(N=C(NC(C)=O)NC(C)=O)nc(C)c2c1. The lowest BCUT2D eigenvalue weighted by Crippen LogP contribution is -2.41. The molecule has 0 aliphatic rings. The normalized spacial score (nSPS) is 10.1. The fourth-order valence-corrected chi connectivity index (χ4v) is 1.94. The fourth-order valence-electron chi connectivity index (χ4n) is 1.94. The molecular formula is C15H17N5O3. The van der Waals surface area contributed by atoms with Crippen molar-refractivity contribution in [2.24, 2.45) is 4.99 Å². The van der Waals surface area contributed by atoms with Crippen LogP contribution >= 0.6 is 0 Å². The number of methoxy groups -OCH3 is 1. The zero-order valence-electron chi connectivity index (χ0n) is 13.3. The van der Waals surface area contributed by atoms with Crippen LogP contribution in [-0.4, -0.2) is 34.9 Å². The monoisotopic (exact) mass is 315 g/mol. The number of guanidine groups is 1. The van der Waals surface area contributed by atoms with E-state index in [1.54, 1.807) is 19.2 Å². The summed E-state index contributed by atoms with van der Waals surface area (Å²) < 4.78 is 5.18. The van der Waals surface area contributed by atoms with E-state index in [0.717, 1.165) is 5.39 Å². The number of amides is 2. The van der Waals surface area contributed by atoms with Crippen LogP contribution in [0.2, 0.25) is 0 Å². The zero-order chi connectivity index (χ0) is 17.0. The molecule has 0 fully saturated rings. The van der Waals surface area contributed by atoms with Gasteiger partial charge in [0.1, 0.15) is 5.75 Å². The maximum atomic E-state index is 11.2. The molecule has 0 bridgehead atoms. The molecule has 0 radical (unpaired) electrons. The van der Waals surface area contributed by atoms with E-state index in [-0.39, 0.29) is 23.7 Å². The van der Waals surface area contributed by atoms with Gasteiger partial charge in [-0.25, -0.2) is 9.97 Å². The second kappa shape index (κ2) is 6.82. The Morgan fingerprint density at radius 3 is 2.35 bits per heavy atom. The van der Waals surface area contributed by atoms with Crippen LogP contribution in [-0.2, 0) is 9.59 Å². The number of carbonyl (C=O) groups excluding carboxylic acids is 2. The Morgan fingerprint density at radius 1 is 1.13 bits per heavy atom. The lowest BCUT2D eigenvalue weighted by molar-refractivity contribution is -0.117. The van der Waals surface area contributed by atoms with Crippen molar-refractivity contribution in [3.8, 4) is 5.75 Å². The molecule has 1 heterocycles. The predicted molar refractivity (Wildman–Crippen MR) is 85.6 cm³/mol. The average molecular weight is 315 g/mol. The number of rotatable bonds is 2. The molecule has 1 aromatic carbocycles. The lowest BCUT2D eigenvalue weighted by atomic mass is 10.2. The number of benzene rings is 1. The van der Waals surface area contributed by atoms with Crippen LogP contribution in [0.3, 0.4) is 0 Å². The van der Waals surface area contributed by atoms with E-state index in [0.29, 0.717) is 17.0 Å². The molecule has 120 valence electrons. The van der Waals surface area contributed by atoms with Crippen LogP contribution in [0.15, 0.2) is 23.2 Å². The molecule has 23 heavy (non-hydrogen) atoms. The molecule has 0 aliphatic heterocycles. The van der Waals surface area contributed by atoms with E-state index in [9.17, 15) is 9.59 Å². The van der Waals surface area contributed by atoms with Gasteiger partial charge >= 0.3 is 0 Å². The molecular weight excluding hydrogens is 298 g/mol. The van der Waals surface area contributed by atoms with Crippen molar-refractivity contribution in [3.05, 3.63) is 23.9 Å². The molecule has 8 nitrogen and oxygen atoms in total. The molecule has 2 rings (SSSR count). The highest BCUT2D eigenvalue weighted by molar-refractivity contribution is 6.04. The predicted octanol–water partition coefficient (Wildman–Crippen LogP) is 1.21. The highest BCUT2D eigenvalue weighted by atomic mass is 16.5. The maximum absolute atomic E-state index is 11.2. The van der Waals surface area contributed by atoms with Gasteiger partial charge in [-0.15, -0.1) is 0 Å². The van der Waals surface area contributed by atoms with Crippen LogP contribution in [0.5, 0.6) is 5.75 Å². The number of aryl methyl sites for hydroxylation is 1. The van der Waals surface area contributed by atoms with E-state index in [2.05, 4.69) is 25.6 Å². The van der Waals surface area contributed by atoms with Gasteiger partial charge in [-0.3, -0.25) is 20.2 Å². The highest BCUT2D eigenvalue weighted by Crippen LogP contribution is 2.23. The first-order valence-corrected chi connectivity index (χ1v) is 6.85. The van der Waals surface area contributed by atoms with Gasteiger partial charge in [-0.05, 0) is 25.1 Å². The van der Waals surface area contributed by atoms with Crippen LogP contribution in [0.4, 0.5) is 5.95 Å². The summed E-state index contributed by atoms with van der Waals surface area (Å²) in [5.74, 6) is 0.104. The molecule has 0 saturated heterocycles. The first-order valence-electron chi connectivity index (χ1n) is 6.85. The largest absolute Gasteiger partial charge is 0.497 e. The third kappa shape index (κ3) is 4.22. The molecule has 0 atom stereocenters. The molecule has 2 amide bonds. The minimum Gasteiger partial charge on any atom is -0.497 e. The Bertz CT molecular complexity index is 783. The van der Waals surface area contributed by atoms with Crippen LogP contribution in [0, 0.1) is 6.92 Å². The smallest absolute Gasteiger partial charge is 0.253 e. The molecule has 0 unspecified atom stereocenters. The Hall–Kier alpha value is -3.03. The van der Waals surface area contributed by atoms with Gasteiger partial charge in [0.15, 0.2) is 0 Å². The summed E-state index contributed by atoms with van der Waals surface area (Å²) in [5, 5.41) is 5.69. The minimum atomic E-state index is -0.361. The molecule has 0 saturated carbocycles. The first kappa shape index (κ1) is 16.3. The summed E-state index contributed by atoms with van der Waals surface area (Å²) in [6.07, 6.45) is 0. The average Bonchev–Trinajstić information content (AvgIpc) is 2.45. The molecule has 0 aliphatic carbocycles. The number of aromatic nitrogens is 2. The zero-order valence-corrected chi connectivity index (χ0v) is 13.3. The third-order valence-corrected chi connectivity index (χ3v) is 2.88. The third-order valence-electron chi connectivity index (χ3n) is 2.88. The van der Waals surface area contributed by atoms with Crippen LogP contribution < -0.4 is 15.4 Å². The van der Waals surface area contributed by atoms with Crippen molar-refractivity contribution in [3.63, 3.8) is 0 Å². The maximum Gasteiger partial charge on any atom is 0.253 e. The summed E-state index contributed by atoms with van der Waals surface area (Å²) in [6, 6.07) is 5.41. The minimum absolute atomic E-state index is 0.0164. The van der Waals surface area contributed by atoms with Crippen LogP contribution in [0.1, 0.15) is 19.5 Å². The standard InChI is InChI=1S/C15H17N5O3/c1-8-12-7-11(23-4)5-6-13(12)19-14(16-8)20-15(17-9(2)21)18-10(3)22/h5-7H,1-4H3,(H2,16,17,18,19,20,21,22). The topological polar surface area (TPSA) is 106 Å². The Labute approximate surface area is 133 Å². The van der Waals surface area contributed by atoms with E-state index >= 15 is 0 Å². The highest BCUT2D eigenvalue weighted by Gasteiger charge is 2.09. The second-order valence-electron chi connectivity index (χ2n) is 4.81. The molecule has 8 heteroatoms. The molecule has 2 N–H and O–H groups in total. The van der Waals surface area contributed by atoms with Gasteiger partial charge in [0.2, 0.25) is 17.8 Å². The molecule has 2 aromatic rings. The fraction of sp³-hybridized carbons (Fsp3) is 0.267. The quantitative estimate of drug-likeness (QED) is 0.640. The molecule has 0 spiro atoms. The van der Waals surface area contributed by atoms with E-state index in [1.807, 2.05) is 13.0 Å². The van der Waals surface area contributed by atoms with Gasteiger partial charge in [-0.2, -0.15) is 4.99 Å². The summed E-state index contributed by atoms with van der Waals surface area (Å²) in [4.78, 5) is 35.0. The number of nitrogens with zero attached hydrogens (tertiary/aromatic N) is 3. The second-order valence-corrected chi connectivity index (χ2v) is 4.81. The van der Waals surface area contributed by atoms with Crippen LogP contribution in [0.25, 0.3) is 10.9 Å². The number of nitrogens with one attached hydrogen (secondary N) is 2. The number of carbonyl (C=O) groups is 2. The van der Waals surface area contributed by atoms with Gasteiger partial charge in [0, 0.05) is 19.2 Å². The summed E-state index contributed by atoms with van der Waals surface area (Å²) in [6.45, 7) is 4.45. The summed E-state index contributed by atoms with van der Waals surface area (Å²) in [5.41, 5.74) is 1.39. The number of hydrogen-bond acceptors (Lipinski definition) is 6. The van der Waals surface area contributed by atoms with E-state index in [1.165, 1.54) is 13.8 Å². The van der Waals surface area contributed by atoms with Crippen molar-refractivity contribution in [1.82, 2.24) is 20.6 Å².